The molecule has 4 aliphatic rings. The van der Waals surface area contributed by atoms with Gasteiger partial charge in [-0.2, -0.15) is 0 Å². The van der Waals surface area contributed by atoms with Crippen molar-refractivity contribution < 1.29 is 19.0 Å². The molecular weight excluding hydrogens is 629 g/mol. The van der Waals surface area contributed by atoms with Gasteiger partial charge in [-0.15, -0.1) is 0 Å². The molecule has 2 N–H and O–H groups in total. The number of hydrogen-bond donors (Lipinski definition) is 2. The third-order valence-electron chi connectivity index (χ3n) is 10.8. The summed E-state index contributed by atoms with van der Waals surface area (Å²) in [7, 11) is 0. The number of alkyl halides is 2. The van der Waals surface area contributed by atoms with Gasteiger partial charge in [-0.1, -0.05) is 86.0 Å². The second kappa shape index (κ2) is 12.7. The van der Waals surface area contributed by atoms with Crippen LogP contribution in [0.4, 0.5) is 8.78 Å². The molecule has 4 unspecified atom stereocenters. The van der Waals surface area contributed by atoms with Crippen LogP contribution < -0.4 is 0 Å². The van der Waals surface area contributed by atoms with Crippen LogP contribution in [0.2, 0.25) is 10.0 Å². The van der Waals surface area contributed by atoms with Gasteiger partial charge in [0.1, 0.15) is 11.3 Å². The summed E-state index contributed by atoms with van der Waals surface area (Å²) in [4.78, 5) is 8.41. The van der Waals surface area contributed by atoms with Crippen LogP contribution >= 0.6 is 23.2 Å². The van der Waals surface area contributed by atoms with E-state index in [1.807, 2.05) is 45.5 Å². The van der Waals surface area contributed by atoms with Crippen molar-refractivity contribution in [3.8, 4) is 22.5 Å². The number of rotatable bonds is 6. The zero-order valence-corrected chi connectivity index (χ0v) is 27.3. The van der Waals surface area contributed by atoms with Crippen molar-refractivity contribution in [3.05, 3.63) is 82.6 Å². The quantitative estimate of drug-likeness (QED) is 0.215. The summed E-state index contributed by atoms with van der Waals surface area (Å²) in [6, 6.07) is 11.2. The van der Waals surface area contributed by atoms with Gasteiger partial charge >= 0.3 is 0 Å². The molecule has 0 saturated heterocycles. The van der Waals surface area contributed by atoms with Gasteiger partial charge in [0.25, 0.3) is 0 Å². The Kier molecular flexibility index (Phi) is 8.76. The lowest BCUT2D eigenvalue weighted by atomic mass is 9.79. The van der Waals surface area contributed by atoms with Crippen LogP contribution in [0.3, 0.4) is 0 Å². The smallest absolute Gasteiger partial charge is 0.136 e. The van der Waals surface area contributed by atoms with Gasteiger partial charge in [0, 0.05) is 45.1 Å². The van der Waals surface area contributed by atoms with Crippen molar-refractivity contribution in [2.75, 3.05) is 0 Å². The van der Waals surface area contributed by atoms with Crippen LogP contribution in [0.1, 0.15) is 100 Å². The molecule has 4 heterocycles. The third kappa shape index (κ3) is 5.59. The second-order valence-corrected chi connectivity index (χ2v) is 14.3. The van der Waals surface area contributed by atoms with Gasteiger partial charge in [-0.25, -0.2) is 18.7 Å². The molecule has 4 atom stereocenters. The standard InChI is InChI=1S/2C18H20ClFN2O/c2*19-13-6-4-5-12-15-10-21-11-22(15)14(17(12)13)9-16(23)18(20)7-2-1-3-8-18/h2*4-6,10-11,14,16,23H,1-3,7-9H2. The molecule has 46 heavy (non-hydrogen) atoms. The van der Waals surface area contributed by atoms with Crippen molar-refractivity contribution in [2.24, 2.45) is 0 Å². The fraction of sp³-hybridized carbons (Fsp3) is 0.500. The van der Waals surface area contributed by atoms with E-state index < -0.39 is 23.5 Å². The number of aromatic nitrogens is 4. The Morgan fingerprint density at radius 2 is 1.07 bits per heavy atom. The van der Waals surface area contributed by atoms with Crippen LogP contribution in [-0.4, -0.2) is 52.9 Å². The van der Waals surface area contributed by atoms with Crippen LogP contribution in [0.5, 0.6) is 0 Å². The maximum atomic E-state index is 15.1. The third-order valence-corrected chi connectivity index (χ3v) is 11.4. The Morgan fingerprint density at radius 3 is 1.46 bits per heavy atom. The highest BCUT2D eigenvalue weighted by Crippen LogP contribution is 2.48. The number of nitrogens with zero attached hydrogens (tertiary/aromatic N) is 4. The second-order valence-electron chi connectivity index (χ2n) is 13.5. The van der Waals surface area contributed by atoms with Crippen molar-refractivity contribution >= 4 is 23.2 Å². The monoisotopic (exact) mass is 668 g/mol. The summed E-state index contributed by atoms with van der Waals surface area (Å²) in [5.74, 6) is 0. The molecule has 2 aliphatic carbocycles. The van der Waals surface area contributed by atoms with E-state index in [4.69, 9.17) is 23.2 Å². The maximum Gasteiger partial charge on any atom is 0.136 e. The summed E-state index contributed by atoms with van der Waals surface area (Å²) < 4.78 is 34.2. The highest BCUT2D eigenvalue weighted by atomic mass is 35.5. The lowest BCUT2D eigenvalue weighted by Crippen LogP contribution is -2.41. The molecule has 2 aromatic heterocycles. The number of benzene rings is 2. The summed E-state index contributed by atoms with van der Waals surface area (Å²) >= 11 is 12.8. The van der Waals surface area contributed by atoms with Crippen molar-refractivity contribution in [1.82, 2.24) is 19.1 Å². The van der Waals surface area contributed by atoms with E-state index in [2.05, 4.69) is 9.97 Å². The zero-order chi connectivity index (χ0) is 32.1. The number of halogens is 4. The molecule has 8 rings (SSSR count). The molecule has 6 nitrogen and oxygen atoms in total. The molecule has 2 aromatic carbocycles. The average Bonchev–Trinajstić information content (AvgIpc) is 3.83. The summed E-state index contributed by atoms with van der Waals surface area (Å²) in [5.41, 5.74) is 3.04. The lowest BCUT2D eigenvalue weighted by Gasteiger charge is -2.35. The minimum atomic E-state index is -1.47. The van der Waals surface area contributed by atoms with Crippen molar-refractivity contribution in [1.29, 1.82) is 0 Å². The largest absolute Gasteiger partial charge is 0.390 e. The van der Waals surface area contributed by atoms with Gasteiger partial charge in [-0.3, -0.25) is 0 Å². The van der Waals surface area contributed by atoms with Gasteiger partial charge in [0.2, 0.25) is 0 Å². The van der Waals surface area contributed by atoms with E-state index in [1.54, 1.807) is 25.0 Å². The summed E-state index contributed by atoms with van der Waals surface area (Å²) in [5, 5.41) is 22.6. The number of fused-ring (bicyclic) bond motifs is 6. The van der Waals surface area contributed by atoms with Crippen LogP contribution in [0.15, 0.2) is 61.4 Å². The minimum absolute atomic E-state index is 0.152. The predicted molar refractivity (Wildman–Crippen MR) is 177 cm³/mol. The Balaban J connectivity index is 0.000000147. The number of imidazole rings is 2. The van der Waals surface area contributed by atoms with Gasteiger partial charge in [0.05, 0.1) is 60.7 Å². The van der Waals surface area contributed by atoms with E-state index in [1.165, 1.54) is 0 Å². The minimum Gasteiger partial charge on any atom is -0.390 e. The molecule has 2 fully saturated rings. The van der Waals surface area contributed by atoms with E-state index in [0.29, 0.717) is 48.6 Å². The Hall–Kier alpha value is -2.78. The van der Waals surface area contributed by atoms with Crippen molar-refractivity contribution in [3.63, 3.8) is 0 Å². The number of hydrogen-bond acceptors (Lipinski definition) is 4. The van der Waals surface area contributed by atoms with Crippen LogP contribution in [0, 0.1) is 0 Å². The van der Waals surface area contributed by atoms with E-state index in [9.17, 15) is 10.2 Å². The molecular formula is C36H40Cl2F2N4O2. The van der Waals surface area contributed by atoms with Crippen molar-refractivity contribution in [2.45, 2.75) is 113 Å². The van der Waals surface area contributed by atoms with Gasteiger partial charge in [0.15, 0.2) is 0 Å². The lowest BCUT2D eigenvalue weighted by molar-refractivity contribution is -0.0423. The van der Waals surface area contributed by atoms with Gasteiger partial charge < -0.3 is 19.3 Å². The topological polar surface area (TPSA) is 76.1 Å². The number of aliphatic hydroxyl groups excluding tert-OH is 2. The molecule has 4 aromatic rings. The Morgan fingerprint density at radius 1 is 0.674 bits per heavy atom. The average molecular weight is 670 g/mol. The summed E-state index contributed by atoms with van der Waals surface area (Å²) in [6.07, 6.45) is 13.1. The normalized spacial score (nSPS) is 23.3. The molecule has 0 bridgehead atoms. The summed E-state index contributed by atoms with van der Waals surface area (Å²) in [6.45, 7) is 0. The predicted octanol–water partition coefficient (Wildman–Crippen LogP) is 9.06. The molecule has 0 radical (unpaired) electrons. The first-order chi connectivity index (χ1) is 22.2. The zero-order valence-electron chi connectivity index (χ0n) is 25.8. The number of aliphatic hydroxyl groups is 2. The first-order valence-corrected chi connectivity index (χ1v) is 17.3. The highest BCUT2D eigenvalue weighted by Gasteiger charge is 2.44. The SMILES string of the molecule is OC(CC1c2c(Cl)cccc2-c2cncn21)C1(F)CCCCC1.OC(CC1c2c(Cl)cccc2-c2cncn21)C1(F)CCCCC1. The van der Waals surface area contributed by atoms with E-state index in [-0.39, 0.29) is 12.1 Å². The van der Waals surface area contributed by atoms with Crippen LogP contribution in [-0.2, 0) is 0 Å². The Bertz CT molecular complexity index is 1570. The first-order valence-electron chi connectivity index (χ1n) is 16.6. The van der Waals surface area contributed by atoms with Gasteiger partial charge in [-0.05, 0) is 37.8 Å². The molecule has 0 amide bonds. The fourth-order valence-corrected chi connectivity index (χ4v) is 8.85. The highest BCUT2D eigenvalue weighted by molar-refractivity contribution is 6.32. The molecule has 244 valence electrons. The van der Waals surface area contributed by atoms with E-state index >= 15 is 8.78 Å². The Labute approximate surface area is 278 Å². The molecule has 0 spiro atoms. The fourth-order valence-electron chi connectivity index (χ4n) is 8.25. The molecule has 10 heteroatoms. The molecule has 2 saturated carbocycles. The molecule has 2 aliphatic heterocycles. The maximum absolute atomic E-state index is 15.1. The van der Waals surface area contributed by atoms with E-state index in [0.717, 1.165) is 72.2 Å². The van der Waals surface area contributed by atoms with Crippen LogP contribution in [0.25, 0.3) is 22.5 Å². The first kappa shape index (κ1) is 31.8.